The van der Waals surface area contributed by atoms with E-state index in [0.717, 1.165) is 25.3 Å². The molecule has 0 unspecified atom stereocenters. The molecule has 0 aromatic heterocycles. The van der Waals surface area contributed by atoms with Gasteiger partial charge >= 0.3 is 0 Å². The van der Waals surface area contributed by atoms with E-state index in [1.165, 1.54) is 11.1 Å². The summed E-state index contributed by atoms with van der Waals surface area (Å²) in [6, 6.07) is 5.92. The van der Waals surface area contributed by atoms with Crippen molar-refractivity contribution >= 4 is 5.84 Å². The molecule has 4 nitrogen and oxygen atoms in total. The topological polar surface area (TPSA) is 62.3 Å². The fourth-order valence-corrected chi connectivity index (χ4v) is 1.85. The summed E-state index contributed by atoms with van der Waals surface area (Å²) in [4.78, 5) is 2.23. The first kappa shape index (κ1) is 15.7. The molecule has 0 aliphatic heterocycles. The highest BCUT2D eigenvalue weighted by molar-refractivity contribution is 5.95. The highest BCUT2D eigenvalue weighted by atomic mass is 16.5. The van der Waals surface area contributed by atoms with Crippen molar-refractivity contribution in [2.24, 2.45) is 5.73 Å². The van der Waals surface area contributed by atoms with Crippen LogP contribution in [0.1, 0.15) is 30.5 Å². The molecule has 4 heteroatoms. The lowest BCUT2D eigenvalue weighted by atomic mass is 10.0. The minimum absolute atomic E-state index is 0.119. The van der Waals surface area contributed by atoms with Crippen LogP contribution >= 0.6 is 0 Å². The standard InChI is InChI=1S/C15H25N3O/c1-11(2)19-8-7-18(4)10-14-6-5-13(15(16)17)9-12(14)3/h5-6,9,11H,7-8,10H2,1-4H3,(H3,16,17). The number of aryl methyl sites for hydroxylation is 1. The van der Waals surface area contributed by atoms with Crippen molar-refractivity contribution in [2.45, 2.75) is 33.4 Å². The summed E-state index contributed by atoms with van der Waals surface area (Å²) >= 11 is 0. The normalized spacial score (nSPS) is 11.3. The van der Waals surface area contributed by atoms with Crippen molar-refractivity contribution in [3.8, 4) is 0 Å². The Morgan fingerprint density at radius 3 is 2.63 bits per heavy atom. The van der Waals surface area contributed by atoms with Crippen LogP contribution in [0.2, 0.25) is 0 Å². The molecule has 0 spiro atoms. The Bertz CT molecular complexity index is 429. The summed E-state index contributed by atoms with van der Waals surface area (Å²) in [5, 5.41) is 7.43. The number of likely N-dealkylation sites (N-methyl/N-ethyl adjacent to an activating group) is 1. The van der Waals surface area contributed by atoms with Gasteiger partial charge in [-0.2, -0.15) is 0 Å². The van der Waals surface area contributed by atoms with Gasteiger partial charge in [0.15, 0.2) is 0 Å². The number of nitrogen functional groups attached to an aromatic ring is 1. The molecule has 0 saturated carbocycles. The van der Waals surface area contributed by atoms with Crippen molar-refractivity contribution in [3.05, 3.63) is 34.9 Å². The van der Waals surface area contributed by atoms with E-state index in [1.807, 2.05) is 32.0 Å². The quantitative estimate of drug-likeness (QED) is 0.585. The third-order valence-electron chi connectivity index (χ3n) is 3.02. The molecular weight excluding hydrogens is 238 g/mol. The number of hydrogen-bond acceptors (Lipinski definition) is 3. The minimum atomic E-state index is 0.119. The number of ether oxygens (including phenoxy) is 1. The Balaban J connectivity index is 2.54. The maximum Gasteiger partial charge on any atom is 0.122 e. The van der Waals surface area contributed by atoms with Crippen LogP contribution in [0.4, 0.5) is 0 Å². The molecule has 0 atom stereocenters. The molecule has 0 radical (unpaired) electrons. The fourth-order valence-electron chi connectivity index (χ4n) is 1.85. The van der Waals surface area contributed by atoms with Crippen LogP contribution in [0.25, 0.3) is 0 Å². The molecule has 1 rings (SSSR count). The Hall–Kier alpha value is -1.39. The first-order valence-corrected chi connectivity index (χ1v) is 6.64. The number of rotatable bonds is 7. The second-order valence-electron chi connectivity index (χ2n) is 5.21. The fraction of sp³-hybridized carbons (Fsp3) is 0.533. The van der Waals surface area contributed by atoms with Crippen LogP contribution in [-0.4, -0.2) is 37.0 Å². The van der Waals surface area contributed by atoms with Crippen LogP contribution in [0.5, 0.6) is 0 Å². The maximum absolute atomic E-state index is 7.43. The minimum Gasteiger partial charge on any atom is -0.384 e. The van der Waals surface area contributed by atoms with Crippen LogP contribution in [-0.2, 0) is 11.3 Å². The third kappa shape index (κ3) is 5.41. The number of nitrogens with two attached hydrogens (primary N) is 1. The number of nitrogens with one attached hydrogen (secondary N) is 1. The van der Waals surface area contributed by atoms with Gasteiger partial charge in [0.2, 0.25) is 0 Å². The lowest BCUT2D eigenvalue weighted by Crippen LogP contribution is -2.24. The van der Waals surface area contributed by atoms with Crippen molar-refractivity contribution < 1.29 is 4.74 Å². The molecule has 0 saturated heterocycles. The summed E-state index contributed by atoms with van der Waals surface area (Å²) in [7, 11) is 2.09. The summed E-state index contributed by atoms with van der Waals surface area (Å²) in [6.45, 7) is 8.69. The van der Waals surface area contributed by atoms with Gasteiger partial charge < -0.3 is 10.5 Å². The van der Waals surface area contributed by atoms with E-state index in [2.05, 4.69) is 18.9 Å². The predicted octanol–water partition coefficient (Wildman–Crippen LogP) is 2.14. The average Bonchev–Trinajstić information content (AvgIpc) is 2.31. The van der Waals surface area contributed by atoms with Gasteiger partial charge in [-0.15, -0.1) is 0 Å². The molecule has 0 bridgehead atoms. The molecule has 0 amide bonds. The first-order chi connectivity index (χ1) is 8.90. The summed E-state index contributed by atoms with van der Waals surface area (Å²) in [6.07, 6.45) is 0.282. The van der Waals surface area contributed by atoms with Crippen molar-refractivity contribution in [1.82, 2.24) is 4.90 Å². The molecule has 0 aliphatic rings. The molecule has 106 valence electrons. The maximum atomic E-state index is 7.43. The van der Waals surface area contributed by atoms with E-state index in [4.69, 9.17) is 15.9 Å². The van der Waals surface area contributed by atoms with E-state index < -0.39 is 0 Å². The van der Waals surface area contributed by atoms with Crippen molar-refractivity contribution in [1.29, 1.82) is 5.41 Å². The van der Waals surface area contributed by atoms with Gasteiger partial charge in [0.1, 0.15) is 5.84 Å². The zero-order valence-electron chi connectivity index (χ0n) is 12.4. The Kier molecular flexibility index (Phi) is 5.99. The molecule has 3 N–H and O–H groups in total. The molecule has 19 heavy (non-hydrogen) atoms. The number of hydrogen-bond donors (Lipinski definition) is 2. The third-order valence-corrected chi connectivity index (χ3v) is 3.02. The van der Waals surface area contributed by atoms with Crippen molar-refractivity contribution in [3.63, 3.8) is 0 Å². The van der Waals surface area contributed by atoms with Crippen molar-refractivity contribution in [2.75, 3.05) is 20.2 Å². The van der Waals surface area contributed by atoms with Crippen LogP contribution in [0.3, 0.4) is 0 Å². The zero-order valence-corrected chi connectivity index (χ0v) is 12.4. The van der Waals surface area contributed by atoms with E-state index in [1.54, 1.807) is 0 Å². The van der Waals surface area contributed by atoms with E-state index >= 15 is 0 Å². The number of amidine groups is 1. The van der Waals surface area contributed by atoms with Gasteiger partial charge in [0.05, 0.1) is 12.7 Å². The van der Waals surface area contributed by atoms with Gasteiger partial charge in [0.25, 0.3) is 0 Å². The van der Waals surface area contributed by atoms with E-state index in [0.29, 0.717) is 0 Å². The highest BCUT2D eigenvalue weighted by Crippen LogP contribution is 2.12. The van der Waals surface area contributed by atoms with Crippen LogP contribution < -0.4 is 5.73 Å². The Morgan fingerprint density at radius 1 is 1.42 bits per heavy atom. The first-order valence-electron chi connectivity index (χ1n) is 6.64. The number of benzene rings is 1. The summed E-state index contributed by atoms with van der Waals surface area (Å²) in [5.41, 5.74) is 8.70. The highest BCUT2D eigenvalue weighted by Gasteiger charge is 2.06. The lowest BCUT2D eigenvalue weighted by Gasteiger charge is -2.19. The molecule has 1 aromatic rings. The molecular formula is C15H25N3O. The predicted molar refractivity (Wildman–Crippen MR) is 79.6 cm³/mol. The van der Waals surface area contributed by atoms with Gasteiger partial charge in [0, 0.05) is 18.7 Å². The van der Waals surface area contributed by atoms with Crippen LogP contribution in [0, 0.1) is 12.3 Å². The van der Waals surface area contributed by atoms with E-state index in [-0.39, 0.29) is 11.9 Å². The second kappa shape index (κ2) is 7.26. The summed E-state index contributed by atoms with van der Waals surface area (Å²) < 4.78 is 5.54. The Morgan fingerprint density at radius 2 is 2.11 bits per heavy atom. The van der Waals surface area contributed by atoms with Gasteiger partial charge in [-0.25, -0.2) is 0 Å². The molecule has 0 aliphatic carbocycles. The Labute approximate surface area is 116 Å². The molecule has 1 aromatic carbocycles. The lowest BCUT2D eigenvalue weighted by molar-refractivity contribution is 0.0627. The average molecular weight is 263 g/mol. The monoisotopic (exact) mass is 263 g/mol. The van der Waals surface area contributed by atoms with E-state index in [9.17, 15) is 0 Å². The number of nitrogens with zero attached hydrogens (tertiary/aromatic N) is 1. The molecule has 0 fully saturated rings. The SMILES string of the molecule is Cc1cc(C(=N)N)ccc1CN(C)CCOC(C)C. The van der Waals surface area contributed by atoms with Gasteiger partial charge in [-0.1, -0.05) is 12.1 Å². The largest absolute Gasteiger partial charge is 0.384 e. The second-order valence-corrected chi connectivity index (χ2v) is 5.21. The van der Waals surface area contributed by atoms with Gasteiger partial charge in [-0.3, -0.25) is 10.3 Å². The van der Waals surface area contributed by atoms with Crippen LogP contribution in [0.15, 0.2) is 18.2 Å². The zero-order chi connectivity index (χ0) is 14.4. The van der Waals surface area contributed by atoms with Gasteiger partial charge in [-0.05, 0) is 45.0 Å². The smallest absolute Gasteiger partial charge is 0.122 e. The molecule has 0 heterocycles. The summed E-state index contributed by atoms with van der Waals surface area (Å²) in [5.74, 6) is 0.119.